The summed E-state index contributed by atoms with van der Waals surface area (Å²) >= 11 is 0. The SMILES string of the molecule is CCn1cnnc1CNC(C)C1CCCCC1. The van der Waals surface area contributed by atoms with E-state index in [1.807, 2.05) is 6.33 Å². The van der Waals surface area contributed by atoms with Crippen molar-refractivity contribution >= 4 is 0 Å². The van der Waals surface area contributed by atoms with Crippen LogP contribution in [0.15, 0.2) is 6.33 Å². The van der Waals surface area contributed by atoms with Crippen LogP contribution in [0.25, 0.3) is 0 Å². The number of nitrogens with zero attached hydrogens (tertiary/aromatic N) is 3. The maximum Gasteiger partial charge on any atom is 0.146 e. The highest BCUT2D eigenvalue weighted by Crippen LogP contribution is 2.26. The summed E-state index contributed by atoms with van der Waals surface area (Å²) in [7, 11) is 0. The van der Waals surface area contributed by atoms with Gasteiger partial charge in [-0.3, -0.25) is 0 Å². The second-order valence-corrected chi connectivity index (χ2v) is 5.10. The Morgan fingerprint density at radius 1 is 1.41 bits per heavy atom. The van der Waals surface area contributed by atoms with Gasteiger partial charge in [0.2, 0.25) is 0 Å². The van der Waals surface area contributed by atoms with E-state index in [1.54, 1.807) is 0 Å². The quantitative estimate of drug-likeness (QED) is 0.853. The fourth-order valence-corrected chi connectivity index (χ4v) is 2.73. The van der Waals surface area contributed by atoms with Gasteiger partial charge in [0, 0.05) is 12.6 Å². The summed E-state index contributed by atoms with van der Waals surface area (Å²) in [6.07, 6.45) is 8.81. The third-order valence-corrected chi connectivity index (χ3v) is 3.98. The van der Waals surface area contributed by atoms with Crippen LogP contribution in [0.4, 0.5) is 0 Å². The van der Waals surface area contributed by atoms with E-state index in [4.69, 9.17) is 0 Å². The predicted octanol–water partition coefficient (Wildman–Crippen LogP) is 2.36. The number of hydrogen-bond donors (Lipinski definition) is 1. The predicted molar refractivity (Wildman–Crippen MR) is 68.6 cm³/mol. The zero-order valence-corrected chi connectivity index (χ0v) is 11.0. The van der Waals surface area contributed by atoms with Gasteiger partial charge in [-0.05, 0) is 32.6 Å². The molecule has 1 atom stereocenters. The van der Waals surface area contributed by atoms with Gasteiger partial charge in [-0.1, -0.05) is 19.3 Å². The Hall–Kier alpha value is -0.900. The summed E-state index contributed by atoms with van der Waals surface area (Å²) in [6, 6.07) is 0.595. The minimum absolute atomic E-state index is 0.595. The van der Waals surface area contributed by atoms with Crippen molar-refractivity contribution in [2.24, 2.45) is 5.92 Å². The van der Waals surface area contributed by atoms with Gasteiger partial charge in [-0.15, -0.1) is 10.2 Å². The maximum absolute atomic E-state index is 4.15. The van der Waals surface area contributed by atoms with Crippen LogP contribution in [0.1, 0.15) is 51.8 Å². The smallest absolute Gasteiger partial charge is 0.146 e. The van der Waals surface area contributed by atoms with Crippen molar-refractivity contribution in [1.29, 1.82) is 0 Å². The van der Waals surface area contributed by atoms with Gasteiger partial charge in [0.25, 0.3) is 0 Å². The molecule has 1 N–H and O–H groups in total. The van der Waals surface area contributed by atoms with Crippen molar-refractivity contribution in [3.63, 3.8) is 0 Å². The fraction of sp³-hybridized carbons (Fsp3) is 0.846. The van der Waals surface area contributed by atoms with Gasteiger partial charge >= 0.3 is 0 Å². The molecule has 1 aliphatic rings. The second-order valence-electron chi connectivity index (χ2n) is 5.10. The molecule has 0 saturated heterocycles. The number of aromatic nitrogens is 3. The standard InChI is InChI=1S/C13H24N4/c1-3-17-10-15-16-13(17)9-14-11(2)12-7-5-4-6-8-12/h10-12,14H,3-9H2,1-2H3. The van der Waals surface area contributed by atoms with Gasteiger partial charge < -0.3 is 9.88 Å². The maximum atomic E-state index is 4.15. The summed E-state index contributed by atoms with van der Waals surface area (Å²) < 4.78 is 2.10. The van der Waals surface area contributed by atoms with Crippen LogP contribution in [0.3, 0.4) is 0 Å². The first kappa shape index (κ1) is 12.6. The Labute approximate surface area is 104 Å². The monoisotopic (exact) mass is 236 g/mol. The number of aryl methyl sites for hydroxylation is 1. The first-order valence-corrected chi connectivity index (χ1v) is 6.91. The summed E-state index contributed by atoms with van der Waals surface area (Å²) in [5.41, 5.74) is 0. The molecule has 4 heteroatoms. The Kier molecular flexibility index (Phi) is 4.54. The van der Waals surface area contributed by atoms with Crippen LogP contribution in [-0.4, -0.2) is 20.8 Å². The molecule has 96 valence electrons. The van der Waals surface area contributed by atoms with Gasteiger partial charge in [0.05, 0.1) is 6.54 Å². The zero-order valence-electron chi connectivity index (χ0n) is 11.0. The molecular weight excluding hydrogens is 212 g/mol. The third-order valence-electron chi connectivity index (χ3n) is 3.98. The van der Waals surface area contributed by atoms with Gasteiger partial charge in [-0.25, -0.2) is 0 Å². The normalized spacial score (nSPS) is 19.4. The highest BCUT2D eigenvalue weighted by Gasteiger charge is 2.19. The summed E-state index contributed by atoms with van der Waals surface area (Å²) in [6.45, 7) is 6.22. The Morgan fingerprint density at radius 3 is 2.88 bits per heavy atom. The lowest BCUT2D eigenvalue weighted by molar-refractivity contribution is 0.278. The van der Waals surface area contributed by atoms with Gasteiger partial charge in [-0.2, -0.15) is 0 Å². The Balaban J connectivity index is 1.80. The molecule has 0 aliphatic heterocycles. The molecule has 1 aromatic rings. The van der Waals surface area contributed by atoms with Crippen molar-refractivity contribution in [2.75, 3.05) is 0 Å². The largest absolute Gasteiger partial charge is 0.317 e. The molecule has 17 heavy (non-hydrogen) atoms. The summed E-state index contributed by atoms with van der Waals surface area (Å²) in [5.74, 6) is 1.90. The molecule has 1 saturated carbocycles. The van der Waals surface area contributed by atoms with Crippen LogP contribution >= 0.6 is 0 Å². The van der Waals surface area contributed by atoms with E-state index >= 15 is 0 Å². The molecule has 0 bridgehead atoms. The Bertz CT molecular complexity index is 328. The summed E-state index contributed by atoms with van der Waals surface area (Å²) in [5, 5.41) is 11.7. The van der Waals surface area contributed by atoms with Crippen LogP contribution in [-0.2, 0) is 13.1 Å². The summed E-state index contributed by atoms with van der Waals surface area (Å²) in [4.78, 5) is 0. The van der Waals surface area contributed by atoms with Gasteiger partial charge in [0.1, 0.15) is 12.2 Å². The average Bonchev–Trinajstić information content (AvgIpc) is 2.84. The molecule has 1 aromatic heterocycles. The van der Waals surface area contributed by atoms with E-state index in [9.17, 15) is 0 Å². The van der Waals surface area contributed by atoms with Crippen molar-refractivity contribution in [3.8, 4) is 0 Å². The van der Waals surface area contributed by atoms with E-state index in [0.29, 0.717) is 6.04 Å². The lowest BCUT2D eigenvalue weighted by Crippen LogP contribution is -2.34. The molecule has 0 radical (unpaired) electrons. The van der Waals surface area contributed by atoms with E-state index in [-0.39, 0.29) is 0 Å². The van der Waals surface area contributed by atoms with Crippen molar-refractivity contribution < 1.29 is 0 Å². The first-order chi connectivity index (χ1) is 8.31. The Morgan fingerprint density at radius 2 is 2.18 bits per heavy atom. The van der Waals surface area contributed by atoms with E-state index < -0.39 is 0 Å². The second kappa shape index (κ2) is 6.15. The van der Waals surface area contributed by atoms with E-state index in [0.717, 1.165) is 24.8 Å². The molecule has 4 nitrogen and oxygen atoms in total. The fourth-order valence-electron chi connectivity index (χ4n) is 2.73. The minimum Gasteiger partial charge on any atom is -0.317 e. The van der Waals surface area contributed by atoms with Crippen LogP contribution in [0, 0.1) is 5.92 Å². The lowest BCUT2D eigenvalue weighted by Gasteiger charge is -2.28. The first-order valence-electron chi connectivity index (χ1n) is 6.91. The van der Waals surface area contributed by atoms with E-state index in [1.165, 1.54) is 32.1 Å². The molecule has 1 fully saturated rings. The van der Waals surface area contributed by atoms with E-state index in [2.05, 4.69) is 33.9 Å². The molecule has 1 heterocycles. The average molecular weight is 236 g/mol. The molecule has 0 spiro atoms. The molecule has 1 aliphatic carbocycles. The molecule has 2 rings (SSSR count). The van der Waals surface area contributed by atoms with Crippen LogP contribution in [0.5, 0.6) is 0 Å². The minimum atomic E-state index is 0.595. The topological polar surface area (TPSA) is 42.7 Å². The molecule has 0 aromatic carbocycles. The number of hydrogen-bond acceptors (Lipinski definition) is 3. The molecule has 1 unspecified atom stereocenters. The highest BCUT2D eigenvalue weighted by molar-refractivity contribution is 4.86. The number of rotatable bonds is 5. The van der Waals surface area contributed by atoms with Crippen molar-refractivity contribution in [1.82, 2.24) is 20.1 Å². The van der Waals surface area contributed by atoms with Crippen molar-refractivity contribution in [2.45, 2.75) is 65.1 Å². The van der Waals surface area contributed by atoms with Crippen molar-refractivity contribution in [3.05, 3.63) is 12.2 Å². The number of nitrogens with one attached hydrogen (secondary N) is 1. The van der Waals surface area contributed by atoms with Gasteiger partial charge in [0.15, 0.2) is 0 Å². The molecular formula is C13H24N4. The van der Waals surface area contributed by atoms with Crippen LogP contribution in [0.2, 0.25) is 0 Å². The zero-order chi connectivity index (χ0) is 12.1. The van der Waals surface area contributed by atoms with Crippen LogP contribution < -0.4 is 5.32 Å². The lowest BCUT2D eigenvalue weighted by atomic mass is 9.84. The molecule has 0 amide bonds. The highest BCUT2D eigenvalue weighted by atomic mass is 15.3. The third kappa shape index (κ3) is 3.28.